The Morgan fingerprint density at radius 2 is 1.65 bits per heavy atom. The fraction of sp³-hybridized carbons (Fsp3) is 0.176. The molecule has 100 valence electrons. The van der Waals surface area contributed by atoms with Crippen LogP contribution < -0.4 is 5.32 Å². The molecule has 0 aliphatic rings. The summed E-state index contributed by atoms with van der Waals surface area (Å²) in [5.41, 5.74) is 1.93. The molecule has 1 atom stereocenters. The molecule has 0 fully saturated rings. The van der Waals surface area contributed by atoms with E-state index < -0.39 is 6.04 Å². The summed E-state index contributed by atoms with van der Waals surface area (Å²) in [6.07, 6.45) is 1.06. The molecule has 2 rings (SSSR count). The Morgan fingerprint density at radius 1 is 1.05 bits per heavy atom. The van der Waals surface area contributed by atoms with Crippen LogP contribution in [0.15, 0.2) is 60.7 Å². The summed E-state index contributed by atoms with van der Waals surface area (Å²) in [6, 6.07) is 20.6. The molecular weight excluding hydrogens is 248 g/mol. The number of amides is 1. The van der Waals surface area contributed by atoms with E-state index in [1.807, 2.05) is 60.7 Å². The lowest BCUT2D eigenvalue weighted by molar-refractivity contribution is -0.121. The van der Waals surface area contributed by atoms with Crippen LogP contribution in [0.25, 0.3) is 0 Å². The molecule has 2 aromatic carbocycles. The lowest BCUT2D eigenvalue weighted by atomic mass is 10.1. The molecule has 3 heteroatoms. The fourth-order valence-corrected chi connectivity index (χ4v) is 1.97. The van der Waals surface area contributed by atoms with Crippen LogP contribution in [0.5, 0.6) is 0 Å². The highest BCUT2D eigenvalue weighted by Crippen LogP contribution is 2.11. The first kappa shape index (κ1) is 13.8. The third kappa shape index (κ3) is 3.96. The van der Waals surface area contributed by atoms with E-state index in [4.69, 9.17) is 5.26 Å². The van der Waals surface area contributed by atoms with Gasteiger partial charge in [-0.2, -0.15) is 5.26 Å². The molecular formula is C17H16N2O. The first-order valence-corrected chi connectivity index (χ1v) is 6.57. The summed E-state index contributed by atoms with van der Waals surface area (Å²) >= 11 is 0. The third-order valence-corrected chi connectivity index (χ3v) is 3.05. The van der Waals surface area contributed by atoms with Crippen LogP contribution >= 0.6 is 0 Å². The Morgan fingerprint density at radius 3 is 2.25 bits per heavy atom. The summed E-state index contributed by atoms with van der Waals surface area (Å²) in [7, 11) is 0. The molecule has 1 N–H and O–H groups in total. The van der Waals surface area contributed by atoms with Crippen molar-refractivity contribution in [1.82, 2.24) is 5.32 Å². The van der Waals surface area contributed by atoms with Crippen LogP contribution in [0.4, 0.5) is 0 Å². The number of nitrogens with one attached hydrogen (secondary N) is 1. The summed E-state index contributed by atoms with van der Waals surface area (Å²) in [4.78, 5) is 11.9. The first-order valence-electron chi connectivity index (χ1n) is 6.57. The number of aryl methyl sites for hydroxylation is 1. The number of rotatable bonds is 5. The highest BCUT2D eigenvalue weighted by Gasteiger charge is 2.12. The van der Waals surface area contributed by atoms with Gasteiger partial charge in [-0.15, -0.1) is 0 Å². The van der Waals surface area contributed by atoms with Gasteiger partial charge in [-0.3, -0.25) is 4.79 Å². The fourth-order valence-electron chi connectivity index (χ4n) is 1.97. The maximum atomic E-state index is 11.9. The maximum absolute atomic E-state index is 11.9. The van der Waals surface area contributed by atoms with E-state index in [0.29, 0.717) is 12.8 Å². The van der Waals surface area contributed by atoms with Crippen LogP contribution in [-0.4, -0.2) is 5.91 Å². The minimum atomic E-state index is -0.584. The highest BCUT2D eigenvalue weighted by molar-refractivity contribution is 5.77. The molecule has 3 nitrogen and oxygen atoms in total. The predicted octanol–water partition coefficient (Wildman–Crippen LogP) is 3.00. The van der Waals surface area contributed by atoms with Crippen LogP contribution in [-0.2, 0) is 11.2 Å². The standard InChI is InChI=1S/C17H16N2O/c18-13-16(15-9-5-2-6-10-15)19-17(20)12-11-14-7-3-1-4-8-14/h1-10,16H,11-12H2,(H,19,20). The molecule has 0 radical (unpaired) electrons. The van der Waals surface area contributed by atoms with Gasteiger partial charge in [-0.25, -0.2) is 0 Å². The molecule has 0 aliphatic carbocycles. The van der Waals surface area contributed by atoms with E-state index in [-0.39, 0.29) is 5.91 Å². The van der Waals surface area contributed by atoms with E-state index in [1.165, 1.54) is 0 Å². The topological polar surface area (TPSA) is 52.9 Å². The molecule has 1 unspecified atom stereocenters. The molecule has 0 bridgehead atoms. The van der Waals surface area contributed by atoms with Gasteiger partial charge in [0.1, 0.15) is 6.04 Å². The second-order valence-electron chi connectivity index (χ2n) is 4.53. The molecule has 2 aromatic rings. The number of hydrogen-bond donors (Lipinski definition) is 1. The molecule has 1 amide bonds. The lowest BCUT2D eigenvalue weighted by Gasteiger charge is -2.11. The SMILES string of the molecule is N#CC(NC(=O)CCc1ccccc1)c1ccccc1. The van der Waals surface area contributed by atoms with Crippen molar-refractivity contribution >= 4 is 5.91 Å². The van der Waals surface area contributed by atoms with E-state index in [0.717, 1.165) is 11.1 Å². The minimum absolute atomic E-state index is 0.107. The smallest absolute Gasteiger partial charge is 0.221 e. The largest absolute Gasteiger partial charge is 0.337 e. The monoisotopic (exact) mass is 264 g/mol. The molecule has 0 saturated carbocycles. The normalized spacial score (nSPS) is 11.3. The zero-order valence-corrected chi connectivity index (χ0v) is 11.1. The van der Waals surface area contributed by atoms with Crippen LogP contribution in [0.1, 0.15) is 23.6 Å². The van der Waals surface area contributed by atoms with Crippen LogP contribution in [0.3, 0.4) is 0 Å². The quantitative estimate of drug-likeness (QED) is 0.902. The average Bonchev–Trinajstić information content (AvgIpc) is 2.52. The second-order valence-corrected chi connectivity index (χ2v) is 4.53. The van der Waals surface area contributed by atoms with Crippen LogP contribution in [0, 0.1) is 11.3 Å². The van der Waals surface area contributed by atoms with E-state index in [9.17, 15) is 4.79 Å². The average molecular weight is 264 g/mol. The maximum Gasteiger partial charge on any atom is 0.221 e. The van der Waals surface area contributed by atoms with Crippen molar-refractivity contribution in [3.05, 3.63) is 71.8 Å². The number of nitriles is 1. The Kier molecular flexibility index (Phi) is 4.91. The second kappa shape index (κ2) is 7.10. The van der Waals surface area contributed by atoms with Gasteiger partial charge in [0.05, 0.1) is 6.07 Å². The van der Waals surface area contributed by atoms with Gasteiger partial charge in [0.2, 0.25) is 5.91 Å². The van der Waals surface area contributed by atoms with E-state index >= 15 is 0 Å². The Hall–Kier alpha value is -2.60. The number of hydrogen-bond acceptors (Lipinski definition) is 2. The van der Waals surface area contributed by atoms with Gasteiger partial charge >= 0.3 is 0 Å². The van der Waals surface area contributed by atoms with Gasteiger partial charge in [0.25, 0.3) is 0 Å². The molecule has 0 aromatic heterocycles. The van der Waals surface area contributed by atoms with Gasteiger partial charge in [0.15, 0.2) is 0 Å². The first-order chi connectivity index (χ1) is 9.79. The third-order valence-electron chi connectivity index (χ3n) is 3.05. The van der Waals surface area contributed by atoms with Gasteiger partial charge < -0.3 is 5.32 Å². The molecule has 0 spiro atoms. The number of nitrogens with zero attached hydrogens (tertiary/aromatic N) is 1. The zero-order valence-electron chi connectivity index (χ0n) is 11.1. The van der Waals surface area contributed by atoms with Gasteiger partial charge in [0, 0.05) is 6.42 Å². The van der Waals surface area contributed by atoms with Crippen molar-refractivity contribution in [3.63, 3.8) is 0 Å². The van der Waals surface area contributed by atoms with Crippen molar-refractivity contribution < 1.29 is 4.79 Å². The number of carbonyl (C=O) groups is 1. The minimum Gasteiger partial charge on any atom is -0.337 e. The number of carbonyl (C=O) groups excluding carboxylic acids is 1. The summed E-state index contributed by atoms with van der Waals surface area (Å²) in [5.74, 6) is -0.107. The van der Waals surface area contributed by atoms with Crippen molar-refractivity contribution in [1.29, 1.82) is 5.26 Å². The van der Waals surface area contributed by atoms with E-state index in [2.05, 4.69) is 11.4 Å². The number of benzene rings is 2. The van der Waals surface area contributed by atoms with Crippen molar-refractivity contribution in [2.45, 2.75) is 18.9 Å². The zero-order chi connectivity index (χ0) is 14.2. The van der Waals surface area contributed by atoms with Crippen molar-refractivity contribution in [2.75, 3.05) is 0 Å². The molecule has 0 aliphatic heterocycles. The van der Waals surface area contributed by atoms with Crippen molar-refractivity contribution in [3.8, 4) is 6.07 Å². The summed E-state index contributed by atoms with van der Waals surface area (Å²) in [6.45, 7) is 0. The molecule has 20 heavy (non-hydrogen) atoms. The van der Waals surface area contributed by atoms with Gasteiger partial charge in [-0.1, -0.05) is 60.7 Å². The summed E-state index contributed by atoms with van der Waals surface area (Å²) < 4.78 is 0. The lowest BCUT2D eigenvalue weighted by Crippen LogP contribution is -2.27. The Bertz CT molecular complexity index is 587. The highest BCUT2D eigenvalue weighted by atomic mass is 16.1. The Balaban J connectivity index is 1.89. The predicted molar refractivity (Wildman–Crippen MR) is 77.7 cm³/mol. The summed E-state index contributed by atoms with van der Waals surface area (Å²) in [5, 5.41) is 11.9. The van der Waals surface area contributed by atoms with E-state index in [1.54, 1.807) is 0 Å². The molecule has 0 heterocycles. The Labute approximate surface area is 118 Å². The van der Waals surface area contributed by atoms with Gasteiger partial charge in [-0.05, 0) is 17.5 Å². The van der Waals surface area contributed by atoms with Crippen LogP contribution in [0.2, 0.25) is 0 Å². The van der Waals surface area contributed by atoms with Crippen molar-refractivity contribution in [2.24, 2.45) is 0 Å². The molecule has 0 saturated heterocycles.